The highest BCUT2D eigenvalue weighted by atomic mass is 35.5. The Morgan fingerprint density at radius 1 is 1.42 bits per heavy atom. The summed E-state index contributed by atoms with van der Waals surface area (Å²) in [4.78, 5) is 27.7. The van der Waals surface area contributed by atoms with Crippen molar-refractivity contribution in [2.24, 2.45) is 0 Å². The maximum Gasteiger partial charge on any atom is 0.274 e. The molecule has 2 heterocycles. The van der Waals surface area contributed by atoms with E-state index in [9.17, 15) is 14.9 Å². The predicted octanol–water partition coefficient (Wildman–Crippen LogP) is 4.11. The molecule has 1 N–H and O–H groups in total. The van der Waals surface area contributed by atoms with E-state index in [0.29, 0.717) is 25.4 Å². The van der Waals surface area contributed by atoms with Crippen LogP contribution in [0.3, 0.4) is 0 Å². The minimum Gasteiger partial charge on any atom is -0.494 e. The summed E-state index contributed by atoms with van der Waals surface area (Å²) >= 11 is 8.33. The zero-order chi connectivity index (χ0) is 17.3. The fourth-order valence-electron chi connectivity index (χ4n) is 2.07. The van der Waals surface area contributed by atoms with Gasteiger partial charge in [0.15, 0.2) is 10.9 Å². The lowest BCUT2D eigenvalue weighted by Gasteiger charge is -2.00. The highest BCUT2D eigenvalue weighted by Gasteiger charge is 2.17. The molecule has 0 saturated carbocycles. The van der Waals surface area contributed by atoms with Gasteiger partial charge < -0.3 is 10.1 Å². The number of non-ortho nitro benzene ring substituents is 1. The van der Waals surface area contributed by atoms with Crippen molar-refractivity contribution in [3.63, 3.8) is 0 Å². The Balaban J connectivity index is 1.84. The molecule has 0 atom stereocenters. The molecule has 7 nitrogen and oxygen atoms in total. The molecule has 2 aromatic heterocycles. The number of nitro groups is 1. The molecule has 0 aliphatic carbocycles. The van der Waals surface area contributed by atoms with Crippen LogP contribution in [0.4, 0.5) is 10.8 Å². The number of carbonyl (C=O) groups excluding carboxylic acids is 1. The van der Waals surface area contributed by atoms with Crippen LogP contribution in [0, 0.1) is 10.1 Å². The van der Waals surface area contributed by atoms with Gasteiger partial charge in [-0.15, -0.1) is 11.3 Å². The highest BCUT2D eigenvalue weighted by Crippen LogP contribution is 2.36. The van der Waals surface area contributed by atoms with Crippen molar-refractivity contribution in [1.82, 2.24) is 4.98 Å². The second-order valence-electron chi connectivity index (χ2n) is 4.70. The summed E-state index contributed by atoms with van der Waals surface area (Å²) in [6.45, 7) is 0. The Morgan fingerprint density at radius 2 is 2.21 bits per heavy atom. The number of nitro benzene ring substituents is 1. The van der Waals surface area contributed by atoms with Crippen molar-refractivity contribution in [3.05, 3.63) is 43.6 Å². The second kappa shape index (κ2) is 6.71. The Kier molecular flexibility index (Phi) is 4.65. The number of carbonyl (C=O) groups is 1. The van der Waals surface area contributed by atoms with Crippen LogP contribution in [0.1, 0.15) is 4.88 Å². The first-order valence-electron chi connectivity index (χ1n) is 6.63. The molecule has 0 radical (unpaired) electrons. The van der Waals surface area contributed by atoms with Crippen molar-refractivity contribution < 1.29 is 14.5 Å². The summed E-state index contributed by atoms with van der Waals surface area (Å²) in [5.74, 6) is 0.0574. The smallest absolute Gasteiger partial charge is 0.274 e. The van der Waals surface area contributed by atoms with Crippen molar-refractivity contribution in [1.29, 1.82) is 0 Å². The maximum atomic E-state index is 12.1. The number of thiazole rings is 1. The van der Waals surface area contributed by atoms with Crippen molar-refractivity contribution in [2.45, 2.75) is 6.42 Å². The number of anilines is 1. The normalized spacial score (nSPS) is 10.8. The van der Waals surface area contributed by atoms with E-state index in [1.54, 1.807) is 12.1 Å². The average molecular weight is 384 g/mol. The number of fused-ring (bicyclic) bond motifs is 1. The number of nitrogens with one attached hydrogen (secondary N) is 1. The summed E-state index contributed by atoms with van der Waals surface area (Å²) in [6.07, 6.45) is 0.185. The first kappa shape index (κ1) is 16.6. The lowest BCUT2D eigenvalue weighted by molar-refractivity contribution is -0.384. The molecule has 0 fully saturated rings. The van der Waals surface area contributed by atoms with Crippen molar-refractivity contribution >= 4 is 61.2 Å². The third-order valence-corrected chi connectivity index (χ3v) is 5.23. The SMILES string of the molecule is COc1cc([N+](=O)[O-])cc2sc(NC(=O)Cc3ccc(Cl)s3)nc12. The van der Waals surface area contributed by atoms with Crippen LogP contribution in [-0.2, 0) is 11.2 Å². The zero-order valence-electron chi connectivity index (χ0n) is 12.2. The fraction of sp³-hybridized carbons (Fsp3) is 0.143. The zero-order valence-corrected chi connectivity index (χ0v) is 14.6. The number of benzene rings is 1. The molecular weight excluding hydrogens is 374 g/mol. The van der Waals surface area contributed by atoms with Crippen LogP contribution in [0.15, 0.2) is 24.3 Å². The molecule has 0 saturated heterocycles. The molecule has 1 aromatic carbocycles. The van der Waals surface area contributed by atoms with E-state index < -0.39 is 4.92 Å². The van der Waals surface area contributed by atoms with E-state index in [0.717, 1.165) is 16.2 Å². The molecule has 0 unspecified atom stereocenters. The Bertz CT molecular complexity index is 937. The van der Waals surface area contributed by atoms with Gasteiger partial charge in [0.2, 0.25) is 5.91 Å². The van der Waals surface area contributed by atoms with Crippen LogP contribution < -0.4 is 10.1 Å². The molecule has 10 heteroatoms. The van der Waals surface area contributed by atoms with Crippen LogP contribution in [0.5, 0.6) is 5.75 Å². The second-order valence-corrected chi connectivity index (χ2v) is 7.53. The van der Waals surface area contributed by atoms with E-state index in [1.807, 2.05) is 0 Å². The predicted molar refractivity (Wildman–Crippen MR) is 94.5 cm³/mol. The van der Waals surface area contributed by atoms with Crippen LogP contribution >= 0.6 is 34.3 Å². The van der Waals surface area contributed by atoms with Gasteiger partial charge >= 0.3 is 0 Å². The number of halogens is 1. The average Bonchev–Trinajstić information content (AvgIpc) is 3.11. The monoisotopic (exact) mass is 383 g/mol. The molecule has 0 bridgehead atoms. The maximum absolute atomic E-state index is 12.1. The van der Waals surface area contributed by atoms with E-state index in [1.165, 1.54) is 30.6 Å². The van der Waals surface area contributed by atoms with Gasteiger partial charge in [-0.2, -0.15) is 0 Å². The summed E-state index contributed by atoms with van der Waals surface area (Å²) in [5, 5.41) is 14.0. The van der Waals surface area contributed by atoms with Gasteiger partial charge in [0.25, 0.3) is 5.69 Å². The number of ether oxygens (including phenoxy) is 1. The molecule has 3 aromatic rings. The van der Waals surface area contributed by atoms with Crippen molar-refractivity contribution in [3.8, 4) is 5.75 Å². The lowest BCUT2D eigenvalue weighted by atomic mass is 10.3. The lowest BCUT2D eigenvalue weighted by Crippen LogP contribution is -2.13. The van der Waals surface area contributed by atoms with Gasteiger partial charge in [0.05, 0.1) is 33.6 Å². The molecule has 1 amide bonds. The van der Waals surface area contributed by atoms with E-state index in [2.05, 4.69) is 10.3 Å². The Morgan fingerprint density at radius 3 is 2.83 bits per heavy atom. The number of hydrogen-bond acceptors (Lipinski definition) is 7. The third-order valence-electron chi connectivity index (χ3n) is 3.09. The van der Waals surface area contributed by atoms with Crippen LogP contribution in [-0.4, -0.2) is 22.9 Å². The van der Waals surface area contributed by atoms with Gasteiger partial charge in [0, 0.05) is 10.9 Å². The van der Waals surface area contributed by atoms with Crippen LogP contribution in [0.2, 0.25) is 4.34 Å². The number of hydrogen-bond donors (Lipinski definition) is 1. The van der Waals surface area contributed by atoms with Crippen molar-refractivity contribution in [2.75, 3.05) is 12.4 Å². The number of aromatic nitrogens is 1. The van der Waals surface area contributed by atoms with Crippen LogP contribution in [0.25, 0.3) is 10.2 Å². The van der Waals surface area contributed by atoms with E-state index >= 15 is 0 Å². The van der Waals surface area contributed by atoms with Gasteiger partial charge in [-0.05, 0) is 12.1 Å². The number of nitrogens with zero attached hydrogens (tertiary/aromatic N) is 2. The standard InChI is InChI=1S/C14H10ClN3O4S2/c1-22-9-4-7(18(20)21)5-10-13(9)17-14(24-10)16-12(19)6-8-2-3-11(15)23-8/h2-5H,6H2,1H3,(H,16,17,19). The minimum atomic E-state index is -0.500. The summed E-state index contributed by atoms with van der Waals surface area (Å²) in [5.41, 5.74) is 0.386. The first-order valence-corrected chi connectivity index (χ1v) is 8.64. The minimum absolute atomic E-state index is 0.0888. The number of thiophene rings is 1. The fourth-order valence-corrected chi connectivity index (χ4v) is 4.09. The van der Waals surface area contributed by atoms with Gasteiger partial charge in [-0.25, -0.2) is 4.98 Å². The van der Waals surface area contributed by atoms with E-state index in [-0.39, 0.29) is 18.0 Å². The van der Waals surface area contributed by atoms with Gasteiger partial charge in [0.1, 0.15) is 5.52 Å². The molecule has 0 spiro atoms. The Hall–Kier alpha value is -2.23. The third kappa shape index (κ3) is 3.48. The largest absolute Gasteiger partial charge is 0.494 e. The number of amides is 1. The van der Waals surface area contributed by atoms with E-state index in [4.69, 9.17) is 16.3 Å². The summed E-state index contributed by atoms with van der Waals surface area (Å²) in [7, 11) is 1.41. The summed E-state index contributed by atoms with van der Waals surface area (Å²) < 4.78 is 6.33. The topological polar surface area (TPSA) is 94.4 Å². The number of rotatable bonds is 5. The first-order chi connectivity index (χ1) is 11.5. The molecular formula is C14H10ClN3O4S2. The Labute approximate surface area is 149 Å². The quantitative estimate of drug-likeness (QED) is 0.528. The molecule has 124 valence electrons. The number of methoxy groups -OCH3 is 1. The van der Waals surface area contributed by atoms with Gasteiger partial charge in [-0.1, -0.05) is 22.9 Å². The molecule has 0 aliphatic rings. The van der Waals surface area contributed by atoms with Gasteiger partial charge in [-0.3, -0.25) is 14.9 Å². The molecule has 3 rings (SSSR count). The highest BCUT2D eigenvalue weighted by molar-refractivity contribution is 7.22. The molecule has 24 heavy (non-hydrogen) atoms. The summed E-state index contributed by atoms with van der Waals surface area (Å²) in [6, 6.07) is 6.24. The molecule has 0 aliphatic heterocycles.